The Hall–Kier alpha value is -0.900. The highest BCUT2D eigenvalue weighted by Crippen LogP contribution is 2.16. The lowest BCUT2D eigenvalue weighted by molar-refractivity contribution is 0.486. The van der Waals surface area contributed by atoms with Crippen molar-refractivity contribution in [1.82, 2.24) is 20.3 Å². The normalized spacial score (nSPS) is 13.2. The predicted octanol–water partition coefficient (Wildman–Crippen LogP) is 1.27. The number of hydrogen-bond donors (Lipinski definition) is 1. The zero-order valence-corrected chi connectivity index (χ0v) is 8.62. The molecule has 1 unspecified atom stereocenters. The van der Waals surface area contributed by atoms with Gasteiger partial charge in [-0.25, -0.2) is 0 Å². The van der Waals surface area contributed by atoms with Crippen molar-refractivity contribution in [2.45, 2.75) is 32.2 Å². The summed E-state index contributed by atoms with van der Waals surface area (Å²) in [7, 11) is 3.91. The van der Waals surface area contributed by atoms with Crippen LogP contribution in [0, 0.1) is 0 Å². The van der Waals surface area contributed by atoms with Crippen LogP contribution < -0.4 is 5.32 Å². The van der Waals surface area contributed by atoms with Crippen LogP contribution in [0.5, 0.6) is 0 Å². The van der Waals surface area contributed by atoms with Crippen LogP contribution in [0.3, 0.4) is 0 Å². The van der Waals surface area contributed by atoms with Crippen LogP contribution in [0.4, 0.5) is 0 Å². The van der Waals surface area contributed by atoms with E-state index < -0.39 is 0 Å². The number of nitrogens with one attached hydrogen (secondary N) is 1. The summed E-state index contributed by atoms with van der Waals surface area (Å²) < 4.78 is 1.83. The van der Waals surface area contributed by atoms with E-state index in [1.807, 2.05) is 25.0 Å². The molecule has 0 bridgehead atoms. The molecule has 0 spiro atoms. The third kappa shape index (κ3) is 2.52. The Kier molecular flexibility index (Phi) is 3.89. The topological polar surface area (TPSA) is 42.7 Å². The fourth-order valence-electron chi connectivity index (χ4n) is 1.46. The summed E-state index contributed by atoms with van der Waals surface area (Å²) in [5.41, 5.74) is 1.16. The molecule has 0 aromatic carbocycles. The van der Waals surface area contributed by atoms with Gasteiger partial charge >= 0.3 is 0 Å². The molecule has 1 heterocycles. The lowest BCUT2D eigenvalue weighted by Gasteiger charge is -2.14. The summed E-state index contributed by atoms with van der Waals surface area (Å²) in [6, 6.07) is 0.389. The summed E-state index contributed by atoms with van der Waals surface area (Å²) in [6.07, 6.45) is 5.44. The Morgan fingerprint density at radius 1 is 1.62 bits per heavy atom. The van der Waals surface area contributed by atoms with Crippen molar-refractivity contribution < 1.29 is 0 Å². The van der Waals surface area contributed by atoms with E-state index in [0.29, 0.717) is 6.04 Å². The van der Waals surface area contributed by atoms with Gasteiger partial charge in [-0.05, 0) is 13.5 Å². The van der Waals surface area contributed by atoms with Gasteiger partial charge < -0.3 is 5.32 Å². The molecule has 4 nitrogen and oxygen atoms in total. The molecule has 13 heavy (non-hydrogen) atoms. The van der Waals surface area contributed by atoms with Gasteiger partial charge in [-0.1, -0.05) is 25.0 Å². The second-order valence-electron chi connectivity index (χ2n) is 3.27. The summed E-state index contributed by atoms with van der Waals surface area (Å²) in [5, 5.41) is 11.1. The van der Waals surface area contributed by atoms with Gasteiger partial charge in [0.05, 0.1) is 17.9 Å². The Balaban J connectivity index is 2.61. The molecule has 74 valence electrons. The van der Waals surface area contributed by atoms with E-state index in [0.717, 1.165) is 12.1 Å². The van der Waals surface area contributed by atoms with Gasteiger partial charge in [0.15, 0.2) is 0 Å². The first-order valence-corrected chi connectivity index (χ1v) is 4.81. The summed E-state index contributed by atoms with van der Waals surface area (Å²) >= 11 is 0. The fraction of sp³-hybridized carbons (Fsp3) is 0.778. The molecule has 1 atom stereocenters. The lowest BCUT2D eigenvalue weighted by Crippen LogP contribution is -2.19. The van der Waals surface area contributed by atoms with Crippen LogP contribution >= 0.6 is 0 Å². The number of nitrogens with zero attached hydrogens (tertiary/aromatic N) is 3. The van der Waals surface area contributed by atoms with Crippen LogP contribution in [0.2, 0.25) is 0 Å². The molecule has 0 aliphatic carbocycles. The summed E-state index contributed by atoms with van der Waals surface area (Å²) in [6.45, 7) is 2.20. The molecular formula is C9H18N4. The third-order valence-corrected chi connectivity index (χ3v) is 2.30. The molecule has 0 amide bonds. The van der Waals surface area contributed by atoms with Gasteiger partial charge in [-0.15, -0.1) is 5.10 Å². The van der Waals surface area contributed by atoms with Gasteiger partial charge in [0.1, 0.15) is 0 Å². The SMILES string of the molecule is CCCCC(NC)c1cnnn1C. The van der Waals surface area contributed by atoms with Gasteiger partial charge in [0.2, 0.25) is 0 Å². The van der Waals surface area contributed by atoms with Crippen LogP contribution in [0.1, 0.15) is 37.9 Å². The molecule has 1 rings (SSSR count). The molecule has 4 heteroatoms. The van der Waals surface area contributed by atoms with E-state index in [4.69, 9.17) is 0 Å². The van der Waals surface area contributed by atoms with Gasteiger partial charge in [0, 0.05) is 7.05 Å². The standard InChI is InChI=1S/C9H18N4/c1-4-5-6-8(10-2)9-7-11-12-13(9)3/h7-8,10H,4-6H2,1-3H3. The maximum atomic E-state index is 3.92. The minimum absolute atomic E-state index is 0.389. The van der Waals surface area contributed by atoms with E-state index in [1.165, 1.54) is 12.8 Å². The molecule has 1 N–H and O–H groups in total. The van der Waals surface area contributed by atoms with Crippen molar-refractivity contribution in [3.63, 3.8) is 0 Å². The van der Waals surface area contributed by atoms with Crippen LogP contribution in [-0.4, -0.2) is 22.0 Å². The number of aromatic nitrogens is 3. The number of aryl methyl sites for hydroxylation is 1. The Labute approximate surface area is 79.3 Å². The van der Waals surface area contributed by atoms with Crippen molar-refractivity contribution in [2.24, 2.45) is 7.05 Å². The van der Waals surface area contributed by atoms with Crippen molar-refractivity contribution in [1.29, 1.82) is 0 Å². The summed E-state index contributed by atoms with van der Waals surface area (Å²) in [5.74, 6) is 0. The minimum atomic E-state index is 0.389. The Morgan fingerprint density at radius 2 is 2.38 bits per heavy atom. The van der Waals surface area contributed by atoms with Gasteiger partial charge in [-0.2, -0.15) is 0 Å². The predicted molar refractivity (Wildman–Crippen MR) is 52.3 cm³/mol. The highest BCUT2D eigenvalue weighted by atomic mass is 15.4. The number of unbranched alkanes of at least 4 members (excludes halogenated alkanes) is 1. The maximum Gasteiger partial charge on any atom is 0.0753 e. The quantitative estimate of drug-likeness (QED) is 0.745. The second-order valence-corrected chi connectivity index (χ2v) is 3.27. The molecule has 0 saturated heterocycles. The molecule has 0 aliphatic heterocycles. The lowest BCUT2D eigenvalue weighted by atomic mass is 10.1. The maximum absolute atomic E-state index is 3.92. The number of rotatable bonds is 5. The monoisotopic (exact) mass is 182 g/mol. The third-order valence-electron chi connectivity index (χ3n) is 2.30. The highest BCUT2D eigenvalue weighted by Gasteiger charge is 2.12. The molecule has 1 aromatic heterocycles. The first-order valence-electron chi connectivity index (χ1n) is 4.81. The average Bonchev–Trinajstić information content (AvgIpc) is 2.54. The van der Waals surface area contributed by atoms with E-state index in [-0.39, 0.29) is 0 Å². The van der Waals surface area contributed by atoms with E-state index in [2.05, 4.69) is 22.6 Å². The molecule has 0 radical (unpaired) electrons. The van der Waals surface area contributed by atoms with Gasteiger partial charge in [-0.3, -0.25) is 4.68 Å². The van der Waals surface area contributed by atoms with Gasteiger partial charge in [0.25, 0.3) is 0 Å². The second kappa shape index (κ2) is 4.97. The molecule has 1 aromatic rings. The zero-order chi connectivity index (χ0) is 9.68. The molecule has 0 fully saturated rings. The molecular weight excluding hydrogens is 164 g/mol. The van der Waals surface area contributed by atoms with Crippen molar-refractivity contribution >= 4 is 0 Å². The van der Waals surface area contributed by atoms with E-state index in [9.17, 15) is 0 Å². The minimum Gasteiger partial charge on any atom is -0.312 e. The largest absolute Gasteiger partial charge is 0.312 e. The first kappa shape index (κ1) is 10.2. The average molecular weight is 182 g/mol. The van der Waals surface area contributed by atoms with Crippen molar-refractivity contribution in [3.8, 4) is 0 Å². The van der Waals surface area contributed by atoms with Crippen LogP contribution in [0.25, 0.3) is 0 Å². The molecule has 0 aliphatic rings. The zero-order valence-electron chi connectivity index (χ0n) is 8.62. The van der Waals surface area contributed by atoms with Crippen LogP contribution in [0.15, 0.2) is 6.20 Å². The smallest absolute Gasteiger partial charge is 0.0753 e. The van der Waals surface area contributed by atoms with Crippen molar-refractivity contribution in [3.05, 3.63) is 11.9 Å². The Bertz CT molecular complexity index is 244. The first-order chi connectivity index (χ1) is 6.29. The number of hydrogen-bond acceptors (Lipinski definition) is 3. The summed E-state index contributed by atoms with van der Waals surface area (Å²) in [4.78, 5) is 0. The Morgan fingerprint density at radius 3 is 2.85 bits per heavy atom. The van der Waals surface area contributed by atoms with Crippen molar-refractivity contribution in [2.75, 3.05) is 7.05 Å². The highest BCUT2D eigenvalue weighted by molar-refractivity contribution is 5.01. The van der Waals surface area contributed by atoms with Crippen LogP contribution in [-0.2, 0) is 7.05 Å². The molecule has 0 saturated carbocycles. The van der Waals surface area contributed by atoms with E-state index in [1.54, 1.807) is 0 Å². The fourth-order valence-corrected chi connectivity index (χ4v) is 1.46. The van der Waals surface area contributed by atoms with E-state index >= 15 is 0 Å².